The molecule has 1 heterocycles. The lowest BCUT2D eigenvalue weighted by Crippen LogP contribution is -2.40. The van der Waals surface area contributed by atoms with Crippen molar-refractivity contribution in [3.8, 4) is 0 Å². The van der Waals surface area contributed by atoms with Gasteiger partial charge in [0.25, 0.3) is 0 Å². The Balaban J connectivity index is 2.43. The summed E-state index contributed by atoms with van der Waals surface area (Å²) in [4.78, 5) is 14.1. The highest BCUT2D eigenvalue weighted by molar-refractivity contribution is 7.12. The number of aryl methyl sites for hydroxylation is 3. The summed E-state index contributed by atoms with van der Waals surface area (Å²) < 4.78 is 0. The highest BCUT2D eigenvalue weighted by Crippen LogP contribution is 2.44. The molecular formula is C26H38O3S. The van der Waals surface area contributed by atoms with Crippen LogP contribution >= 0.6 is 11.3 Å². The first-order chi connectivity index (χ1) is 13.8. The summed E-state index contributed by atoms with van der Waals surface area (Å²) in [7, 11) is 0. The Kier molecular flexibility index (Phi) is 7.25. The van der Waals surface area contributed by atoms with E-state index in [4.69, 9.17) is 0 Å². The molecule has 1 unspecified atom stereocenters. The Morgan fingerprint density at radius 1 is 1.00 bits per heavy atom. The van der Waals surface area contributed by atoms with Gasteiger partial charge in [0.05, 0.1) is 11.2 Å². The first kappa shape index (κ1) is 24.6. The van der Waals surface area contributed by atoms with Crippen LogP contribution in [0.25, 0.3) is 0 Å². The van der Waals surface area contributed by atoms with Crippen LogP contribution in [0.2, 0.25) is 0 Å². The van der Waals surface area contributed by atoms with Crippen molar-refractivity contribution in [2.24, 2.45) is 5.41 Å². The van der Waals surface area contributed by atoms with Crippen LogP contribution in [-0.2, 0) is 11.8 Å². The summed E-state index contributed by atoms with van der Waals surface area (Å²) in [5, 5.41) is 20.3. The van der Waals surface area contributed by atoms with Gasteiger partial charge in [0.1, 0.15) is 0 Å². The molecule has 0 aliphatic carbocycles. The fraction of sp³-hybridized carbons (Fsp3) is 0.577. The lowest BCUT2D eigenvalue weighted by atomic mass is 9.73. The van der Waals surface area contributed by atoms with Gasteiger partial charge >= 0.3 is 5.97 Å². The van der Waals surface area contributed by atoms with E-state index >= 15 is 0 Å². The Hall–Kier alpha value is -1.65. The Morgan fingerprint density at radius 3 is 2.07 bits per heavy atom. The van der Waals surface area contributed by atoms with Gasteiger partial charge in [-0.1, -0.05) is 46.8 Å². The minimum absolute atomic E-state index is 0.123. The van der Waals surface area contributed by atoms with Crippen molar-refractivity contribution in [1.82, 2.24) is 0 Å². The zero-order valence-electron chi connectivity index (χ0n) is 19.8. The maximum atomic E-state index is 11.4. The van der Waals surface area contributed by atoms with E-state index in [1.165, 1.54) is 20.9 Å². The van der Waals surface area contributed by atoms with E-state index in [-0.39, 0.29) is 10.8 Å². The average molecular weight is 431 g/mol. The fourth-order valence-electron chi connectivity index (χ4n) is 4.09. The number of carboxylic acid groups (broad SMARTS) is 1. The van der Waals surface area contributed by atoms with Crippen LogP contribution in [-0.4, -0.2) is 21.8 Å². The smallest absolute Gasteiger partial charge is 0.335 e. The zero-order valence-corrected chi connectivity index (χ0v) is 20.7. The fourth-order valence-corrected chi connectivity index (χ4v) is 5.61. The maximum absolute atomic E-state index is 11.4. The molecule has 3 nitrogen and oxygen atoms in total. The zero-order chi connectivity index (χ0) is 22.9. The molecule has 2 N–H and O–H groups in total. The third-order valence-electron chi connectivity index (χ3n) is 7.16. The molecule has 0 aliphatic heterocycles. The highest BCUT2D eigenvalue weighted by Gasteiger charge is 2.36. The van der Waals surface area contributed by atoms with Crippen LogP contribution in [0.5, 0.6) is 0 Å². The number of carbonyl (C=O) groups is 1. The van der Waals surface area contributed by atoms with Gasteiger partial charge in [-0.3, -0.25) is 0 Å². The van der Waals surface area contributed by atoms with Crippen molar-refractivity contribution in [3.05, 3.63) is 56.3 Å². The minimum Gasteiger partial charge on any atom is -0.478 e. The molecular weight excluding hydrogens is 392 g/mol. The van der Waals surface area contributed by atoms with Crippen molar-refractivity contribution in [2.75, 3.05) is 0 Å². The van der Waals surface area contributed by atoms with Crippen LogP contribution in [0, 0.1) is 19.3 Å². The SMILES string of the molecule is CCC(CC)(c1ccc(C(=O)O)c(C)c1)c1cc(C)c(CCC(C)(O)C(C)(C)C)s1. The molecule has 1 aromatic carbocycles. The Morgan fingerprint density at radius 2 is 1.60 bits per heavy atom. The number of carboxylic acids is 1. The second kappa shape index (κ2) is 8.84. The number of benzene rings is 1. The Labute approximate surface area is 186 Å². The topological polar surface area (TPSA) is 57.5 Å². The predicted octanol–water partition coefficient (Wildman–Crippen LogP) is 6.90. The molecule has 0 amide bonds. The van der Waals surface area contributed by atoms with Gasteiger partial charge in [-0.25, -0.2) is 4.79 Å². The molecule has 166 valence electrons. The number of rotatable bonds is 8. The van der Waals surface area contributed by atoms with Gasteiger partial charge in [-0.2, -0.15) is 0 Å². The average Bonchev–Trinajstić information content (AvgIpc) is 3.01. The molecule has 2 aromatic rings. The molecule has 1 aromatic heterocycles. The summed E-state index contributed by atoms with van der Waals surface area (Å²) in [6.45, 7) is 16.7. The first-order valence-corrected chi connectivity index (χ1v) is 11.8. The number of hydrogen-bond acceptors (Lipinski definition) is 3. The lowest BCUT2D eigenvalue weighted by molar-refractivity contribution is -0.0475. The maximum Gasteiger partial charge on any atom is 0.335 e. The largest absolute Gasteiger partial charge is 0.478 e. The number of aliphatic hydroxyl groups is 1. The monoisotopic (exact) mass is 430 g/mol. The van der Waals surface area contributed by atoms with Crippen molar-refractivity contribution < 1.29 is 15.0 Å². The lowest BCUT2D eigenvalue weighted by Gasteiger charge is -2.37. The second-order valence-electron chi connectivity index (χ2n) is 9.86. The van der Waals surface area contributed by atoms with E-state index in [1.807, 2.05) is 31.3 Å². The second-order valence-corrected chi connectivity index (χ2v) is 11.0. The van der Waals surface area contributed by atoms with E-state index < -0.39 is 11.6 Å². The Bertz CT molecular complexity index is 895. The summed E-state index contributed by atoms with van der Waals surface area (Å²) in [6.07, 6.45) is 3.50. The molecule has 4 heteroatoms. The van der Waals surface area contributed by atoms with E-state index in [9.17, 15) is 15.0 Å². The summed E-state index contributed by atoms with van der Waals surface area (Å²) in [5.74, 6) is -0.877. The standard InChI is InChI=1S/C26H38O3S/c1-9-26(10-2,19-11-12-20(23(27)28)17(3)15-19)22-16-18(4)21(30-22)13-14-25(8,29)24(5,6)7/h11-12,15-16,29H,9-10,13-14H2,1-8H3,(H,27,28). The van der Waals surface area contributed by atoms with E-state index in [0.29, 0.717) is 5.56 Å². The van der Waals surface area contributed by atoms with Crippen LogP contribution in [0.4, 0.5) is 0 Å². The number of thiophene rings is 1. The van der Waals surface area contributed by atoms with Crippen molar-refractivity contribution in [2.45, 2.75) is 92.1 Å². The van der Waals surface area contributed by atoms with Crippen LogP contribution in [0.3, 0.4) is 0 Å². The molecule has 0 radical (unpaired) electrons. The molecule has 0 spiro atoms. The van der Waals surface area contributed by atoms with Gasteiger partial charge in [-0.05, 0) is 80.7 Å². The summed E-state index contributed by atoms with van der Waals surface area (Å²) >= 11 is 1.85. The van der Waals surface area contributed by atoms with Gasteiger partial charge < -0.3 is 10.2 Å². The third kappa shape index (κ3) is 4.65. The van der Waals surface area contributed by atoms with Crippen LogP contribution < -0.4 is 0 Å². The molecule has 2 rings (SSSR count). The first-order valence-electron chi connectivity index (χ1n) is 11.0. The molecule has 0 saturated heterocycles. The molecule has 0 saturated carbocycles. The normalized spacial score (nSPS) is 14.6. The predicted molar refractivity (Wildman–Crippen MR) is 127 cm³/mol. The van der Waals surface area contributed by atoms with Gasteiger partial charge in [-0.15, -0.1) is 11.3 Å². The highest BCUT2D eigenvalue weighted by atomic mass is 32.1. The number of aromatic carboxylic acids is 1. The molecule has 1 atom stereocenters. The molecule has 0 fully saturated rings. The van der Waals surface area contributed by atoms with E-state index in [1.54, 1.807) is 6.07 Å². The summed E-state index contributed by atoms with van der Waals surface area (Å²) in [6, 6.07) is 8.09. The van der Waals surface area contributed by atoms with Crippen LogP contribution in [0.15, 0.2) is 24.3 Å². The van der Waals surface area contributed by atoms with Gasteiger partial charge in [0.2, 0.25) is 0 Å². The molecule has 0 aliphatic rings. The van der Waals surface area contributed by atoms with Crippen molar-refractivity contribution in [1.29, 1.82) is 0 Å². The molecule has 30 heavy (non-hydrogen) atoms. The van der Waals surface area contributed by atoms with Gasteiger partial charge in [0.15, 0.2) is 0 Å². The van der Waals surface area contributed by atoms with Crippen LogP contribution in [0.1, 0.15) is 97.6 Å². The van der Waals surface area contributed by atoms with Crippen molar-refractivity contribution >= 4 is 17.3 Å². The minimum atomic E-state index is -0.877. The van der Waals surface area contributed by atoms with Crippen molar-refractivity contribution in [3.63, 3.8) is 0 Å². The quantitative estimate of drug-likeness (QED) is 0.479. The van der Waals surface area contributed by atoms with E-state index in [2.05, 4.69) is 53.7 Å². The third-order valence-corrected chi connectivity index (χ3v) is 8.66. The molecule has 0 bridgehead atoms. The summed E-state index contributed by atoms with van der Waals surface area (Å²) in [5.41, 5.74) is 2.63. The van der Waals surface area contributed by atoms with E-state index in [0.717, 1.165) is 31.2 Å². The number of hydrogen-bond donors (Lipinski definition) is 2. The van der Waals surface area contributed by atoms with Gasteiger partial charge in [0, 0.05) is 15.2 Å².